The number of fused-ring (bicyclic) bond motifs is 1. The number of ether oxygens (including phenoxy) is 2. The summed E-state index contributed by atoms with van der Waals surface area (Å²) >= 11 is 0. The molecule has 3 rings (SSSR count). The lowest BCUT2D eigenvalue weighted by molar-refractivity contribution is 0.0221. The summed E-state index contributed by atoms with van der Waals surface area (Å²) < 4.78 is 12.1. The van der Waals surface area contributed by atoms with Gasteiger partial charge in [0.05, 0.1) is 6.10 Å². The first-order valence-electron chi connectivity index (χ1n) is 7.69. The van der Waals surface area contributed by atoms with Gasteiger partial charge >= 0.3 is 0 Å². The minimum Gasteiger partial charge on any atom is -0.491 e. The molecular formula is C17H25NO2. The molecule has 1 spiro atoms. The highest BCUT2D eigenvalue weighted by molar-refractivity contribution is 5.46. The maximum atomic E-state index is 6.61. The summed E-state index contributed by atoms with van der Waals surface area (Å²) in [4.78, 5) is 0. The molecule has 2 N–H and O–H groups in total. The largest absolute Gasteiger partial charge is 0.491 e. The van der Waals surface area contributed by atoms with Crippen LogP contribution in [0.15, 0.2) is 18.2 Å². The van der Waals surface area contributed by atoms with E-state index in [0.29, 0.717) is 0 Å². The second-order valence-corrected chi connectivity index (χ2v) is 6.91. The molecule has 1 saturated carbocycles. The fourth-order valence-corrected chi connectivity index (χ4v) is 3.72. The smallest absolute Gasteiger partial charge is 0.125 e. The third kappa shape index (κ3) is 2.39. The Morgan fingerprint density at radius 1 is 1.25 bits per heavy atom. The third-order valence-corrected chi connectivity index (χ3v) is 4.47. The van der Waals surface area contributed by atoms with Crippen LogP contribution in [0.25, 0.3) is 0 Å². The predicted molar refractivity (Wildman–Crippen MR) is 80.2 cm³/mol. The van der Waals surface area contributed by atoms with Crippen LogP contribution in [0.4, 0.5) is 0 Å². The van der Waals surface area contributed by atoms with Gasteiger partial charge in [-0.05, 0) is 64.7 Å². The van der Waals surface area contributed by atoms with Crippen LogP contribution in [-0.2, 0) is 5.54 Å². The molecule has 1 unspecified atom stereocenters. The number of hydrogen-bond donors (Lipinski definition) is 1. The van der Waals surface area contributed by atoms with Crippen molar-refractivity contribution in [1.29, 1.82) is 0 Å². The molecule has 0 aromatic heterocycles. The summed E-state index contributed by atoms with van der Waals surface area (Å²) in [5, 5.41) is 0. The van der Waals surface area contributed by atoms with E-state index in [4.69, 9.17) is 15.2 Å². The van der Waals surface area contributed by atoms with Crippen molar-refractivity contribution in [1.82, 2.24) is 0 Å². The molecular weight excluding hydrogens is 250 g/mol. The van der Waals surface area contributed by atoms with Gasteiger partial charge in [-0.15, -0.1) is 0 Å². The lowest BCUT2D eigenvalue weighted by Gasteiger charge is -2.44. The monoisotopic (exact) mass is 275 g/mol. The normalized spacial score (nSPS) is 27.4. The number of benzene rings is 1. The van der Waals surface area contributed by atoms with Crippen molar-refractivity contribution in [2.24, 2.45) is 5.73 Å². The van der Waals surface area contributed by atoms with E-state index in [2.05, 4.69) is 13.0 Å². The van der Waals surface area contributed by atoms with Gasteiger partial charge < -0.3 is 15.2 Å². The molecule has 1 aliphatic heterocycles. The molecule has 1 atom stereocenters. The van der Waals surface area contributed by atoms with Gasteiger partial charge in [0.15, 0.2) is 0 Å². The van der Waals surface area contributed by atoms with Gasteiger partial charge in [0.2, 0.25) is 0 Å². The van der Waals surface area contributed by atoms with Crippen LogP contribution >= 0.6 is 0 Å². The third-order valence-electron chi connectivity index (χ3n) is 4.47. The van der Waals surface area contributed by atoms with Gasteiger partial charge in [-0.3, -0.25) is 0 Å². The Labute approximate surface area is 121 Å². The molecule has 3 nitrogen and oxygen atoms in total. The highest BCUT2D eigenvalue weighted by Gasteiger charge is 2.46. The average molecular weight is 275 g/mol. The van der Waals surface area contributed by atoms with Gasteiger partial charge in [-0.1, -0.05) is 0 Å². The summed E-state index contributed by atoms with van der Waals surface area (Å²) in [6, 6.07) is 6.07. The van der Waals surface area contributed by atoms with Crippen molar-refractivity contribution in [3.63, 3.8) is 0 Å². The Morgan fingerprint density at radius 2 is 1.95 bits per heavy atom. The van der Waals surface area contributed by atoms with E-state index in [1.54, 1.807) is 0 Å². The number of hydrogen-bond acceptors (Lipinski definition) is 3. The molecule has 1 heterocycles. The Hall–Kier alpha value is -1.22. The molecule has 0 saturated heterocycles. The Kier molecular flexibility index (Phi) is 3.20. The average Bonchev–Trinajstić information content (AvgIpc) is 2.76. The zero-order chi connectivity index (χ0) is 14.4. The fraction of sp³-hybridized carbons (Fsp3) is 0.647. The van der Waals surface area contributed by atoms with E-state index in [0.717, 1.165) is 36.3 Å². The van der Waals surface area contributed by atoms with Gasteiger partial charge in [0.25, 0.3) is 0 Å². The number of rotatable bonds is 2. The van der Waals surface area contributed by atoms with Crippen LogP contribution in [0.1, 0.15) is 58.4 Å². The Morgan fingerprint density at radius 3 is 2.60 bits per heavy atom. The van der Waals surface area contributed by atoms with Crippen LogP contribution in [0, 0.1) is 0 Å². The summed E-state index contributed by atoms with van der Waals surface area (Å²) in [5.74, 6) is 1.82. The van der Waals surface area contributed by atoms with Crippen LogP contribution in [0.2, 0.25) is 0 Å². The Balaban J connectivity index is 1.96. The highest BCUT2D eigenvalue weighted by Crippen LogP contribution is 2.49. The highest BCUT2D eigenvalue weighted by atomic mass is 16.5. The van der Waals surface area contributed by atoms with Gasteiger partial charge in [-0.2, -0.15) is 0 Å². The predicted octanol–water partition coefficient (Wildman–Crippen LogP) is 3.74. The molecule has 1 aromatic rings. The van der Waals surface area contributed by atoms with E-state index < -0.39 is 0 Å². The van der Waals surface area contributed by atoms with E-state index in [-0.39, 0.29) is 17.2 Å². The second-order valence-electron chi connectivity index (χ2n) is 6.91. The lowest BCUT2D eigenvalue weighted by Crippen LogP contribution is -2.49. The maximum Gasteiger partial charge on any atom is 0.125 e. The van der Waals surface area contributed by atoms with Gasteiger partial charge in [-0.25, -0.2) is 0 Å². The summed E-state index contributed by atoms with van der Waals surface area (Å²) in [6.07, 6.45) is 5.83. The SMILES string of the molecule is CC(C)Oc1ccc2c(c1)C(C)(N)CC1(CCCC1)O2. The molecule has 0 radical (unpaired) electrons. The van der Waals surface area contributed by atoms with Crippen LogP contribution < -0.4 is 15.2 Å². The lowest BCUT2D eigenvalue weighted by atomic mass is 9.77. The molecule has 20 heavy (non-hydrogen) atoms. The molecule has 2 aliphatic rings. The number of nitrogens with two attached hydrogens (primary N) is 1. The molecule has 1 fully saturated rings. The zero-order valence-corrected chi connectivity index (χ0v) is 12.7. The van der Waals surface area contributed by atoms with Crippen LogP contribution in [0.3, 0.4) is 0 Å². The molecule has 0 amide bonds. The Bertz CT molecular complexity index is 502. The van der Waals surface area contributed by atoms with E-state index in [9.17, 15) is 0 Å². The van der Waals surface area contributed by atoms with E-state index in [1.165, 1.54) is 12.8 Å². The first-order chi connectivity index (χ1) is 9.40. The minimum atomic E-state index is -0.339. The van der Waals surface area contributed by atoms with Crippen molar-refractivity contribution in [2.75, 3.05) is 0 Å². The molecule has 1 aromatic carbocycles. The van der Waals surface area contributed by atoms with Gasteiger partial charge in [0, 0.05) is 17.5 Å². The summed E-state index contributed by atoms with van der Waals surface area (Å²) in [7, 11) is 0. The molecule has 0 bridgehead atoms. The van der Waals surface area contributed by atoms with Crippen molar-refractivity contribution in [3.8, 4) is 11.5 Å². The van der Waals surface area contributed by atoms with Crippen LogP contribution in [-0.4, -0.2) is 11.7 Å². The standard InChI is InChI=1S/C17H25NO2/c1-12(2)19-13-6-7-15-14(10-13)16(3,18)11-17(20-15)8-4-5-9-17/h6-7,10,12H,4-5,8-9,11,18H2,1-3H3. The first kappa shape index (κ1) is 13.7. The quantitative estimate of drug-likeness (QED) is 0.894. The summed E-state index contributed by atoms with van der Waals surface area (Å²) in [6.45, 7) is 6.18. The van der Waals surface area contributed by atoms with Crippen molar-refractivity contribution in [3.05, 3.63) is 23.8 Å². The minimum absolute atomic E-state index is 0.0308. The van der Waals surface area contributed by atoms with E-state index >= 15 is 0 Å². The van der Waals surface area contributed by atoms with Crippen molar-refractivity contribution < 1.29 is 9.47 Å². The van der Waals surface area contributed by atoms with Crippen LogP contribution in [0.5, 0.6) is 11.5 Å². The first-order valence-corrected chi connectivity index (χ1v) is 7.69. The van der Waals surface area contributed by atoms with E-state index in [1.807, 2.05) is 26.0 Å². The second kappa shape index (κ2) is 4.66. The molecule has 3 heteroatoms. The summed E-state index contributed by atoms with van der Waals surface area (Å²) in [5.41, 5.74) is 7.32. The van der Waals surface area contributed by atoms with Crippen molar-refractivity contribution >= 4 is 0 Å². The molecule has 1 aliphatic carbocycles. The van der Waals surface area contributed by atoms with Crippen molar-refractivity contribution in [2.45, 2.75) is 70.1 Å². The fourth-order valence-electron chi connectivity index (χ4n) is 3.72. The zero-order valence-electron chi connectivity index (χ0n) is 12.7. The molecule has 110 valence electrons. The maximum absolute atomic E-state index is 6.61. The van der Waals surface area contributed by atoms with Gasteiger partial charge in [0.1, 0.15) is 17.1 Å². The topological polar surface area (TPSA) is 44.5 Å².